The number of nitrogen functional groups attached to an aromatic ring is 1. The second-order valence-electron chi connectivity index (χ2n) is 3.25. The van der Waals surface area contributed by atoms with Gasteiger partial charge in [-0.25, -0.2) is 0 Å². The van der Waals surface area contributed by atoms with Gasteiger partial charge in [-0.15, -0.1) is 0 Å². The smallest absolute Gasteiger partial charge is 0.306 e. The molecule has 86 valence electrons. The van der Waals surface area contributed by atoms with Crippen molar-refractivity contribution < 1.29 is 14.3 Å². The van der Waals surface area contributed by atoms with Crippen LogP contribution in [0.1, 0.15) is 12.8 Å². The second-order valence-corrected chi connectivity index (χ2v) is 3.25. The Kier molecular flexibility index (Phi) is 4.32. The lowest BCUT2D eigenvalue weighted by molar-refractivity contribution is -0.141. The number of carbonyl (C=O) groups excluding carboxylic acids is 2. The van der Waals surface area contributed by atoms with Gasteiger partial charge in [0.25, 0.3) is 0 Å². The molecule has 0 unspecified atom stereocenters. The van der Waals surface area contributed by atoms with Crippen LogP contribution >= 0.6 is 0 Å². The summed E-state index contributed by atoms with van der Waals surface area (Å²) in [5.41, 5.74) is 6.75. The Labute approximate surface area is 93.6 Å². The van der Waals surface area contributed by atoms with E-state index in [9.17, 15) is 9.59 Å². The third-order valence-corrected chi connectivity index (χ3v) is 1.95. The summed E-state index contributed by atoms with van der Waals surface area (Å²) in [7, 11) is 1.29. The Morgan fingerprint density at radius 3 is 2.75 bits per heavy atom. The van der Waals surface area contributed by atoms with Crippen molar-refractivity contribution in [1.82, 2.24) is 0 Å². The summed E-state index contributed by atoms with van der Waals surface area (Å²) in [5.74, 6) is -0.640. The van der Waals surface area contributed by atoms with E-state index >= 15 is 0 Å². The number of benzene rings is 1. The van der Waals surface area contributed by atoms with E-state index in [1.54, 1.807) is 24.3 Å². The van der Waals surface area contributed by atoms with Gasteiger partial charge in [0.1, 0.15) is 0 Å². The molecule has 1 amide bonds. The highest BCUT2D eigenvalue weighted by Crippen LogP contribution is 2.12. The molecular weight excluding hydrogens is 208 g/mol. The molecule has 0 aliphatic rings. The van der Waals surface area contributed by atoms with Crippen LogP contribution < -0.4 is 11.1 Å². The van der Waals surface area contributed by atoms with Crippen molar-refractivity contribution >= 4 is 23.3 Å². The molecule has 1 aromatic carbocycles. The number of anilines is 2. The van der Waals surface area contributed by atoms with Gasteiger partial charge in [-0.2, -0.15) is 0 Å². The first-order valence-electron chi connectivity index (χ1n) is 4.84. The van der Waals surface area contributed by atoms with E-state index in [-0.39, 0.29) is 18.7 Å². The predicted octanol–water partition coefficient (Wildman–Crippen LogP) is 1.16. The van der Waals surface area contributed by atoms with Gasteiger partial charge in [-0.3, -0.25) is 9.59 Å². The van der Waals surface area contributed by atoms with Crippen LogP contribution in [-0.2, 0) is 14.3 Å². The minimum Gasteiger partial charge on any atom is -0.469 e. The van der Waals surface area contributed by atoms with E-state index in [0.29, 0.717) is 11.4 Å². The fraction of sp³-hybridized carbons (Fsp3) is 0.273. The van der Waals surface area contributed by atoms with Crippen molar-refractivity contribution in [3.63, 3.8) is 0 Å². The lowest BCUT2D eigenvalue weighted by Crippen LogP contribution is -2.13. The van der Waals surface area contributed by atoms with Crippen molar-refractivity contribution in [3.8, 4) is 0 Å². The molecule has 0 aromatic heterocycles. The number of carbonyl (C=O) groups is 2. The van der Waals surface area contributed by atoms with Crippen LogP contribution in [0.2, 0.25) is 0 Å². The highest BCUT2D eigenvalue weighted by Gasteiger charge is 2.06. The molecule has 0 spiro atoms. The number of rotatable bonds is 4. The van der Waals surface area contributed by atoms with Crippen LogP contribution in [0.5, 0.6) is 0 Å². The maximum absolute atomic E-state index is 11.4. The number of amides is 1. The van der Waals surface area contributed by atoms with E-state index in [1.807, 2.05) is 0 Å². The molecule has 0 aliphatic heterocycles. The number of esters is 1. The highest BCUT2D eigenvalue weighted by atomic mass is 16.5. The molecule has 0 bridgehead atoms. The second kappa shape index (κ2) is 5.75. The first-order chi connectivity index (χ1) is 7.61. The molecule has 5 heteroatoms. The number of ether oxygens (including phenoxy) is 1. The predicted molar refractivity (Wildman–Crippen MR) is 60.7 cm³/mol. The summed E-state index contributed by atoms with van der Waals surface area (Å²) in [6.45, 7) is 0. The maximum atomic E-state index is 11.4. The summed E-state index contributed by atoms with van der Waals surface area (Å²) in [5, 5.41) is 2.64. The number of nitrogens with one attached hydrogen (secondary N) is 1. The van der Waals surface area contributed by atoms with Gasteiger partial charge in [0.15, 0.2) is 0 Å². The Bertz CT molecular complexity index is 391. The van der Waals surface area contributed by atoms with E-state index < -0.39 is 5.97 Å². The van der Waals surface area contributed by atoms with Gasteiger partial charge in [0.05, 0.1) is 13.5 Å². The standard InChI is InChI=1S/C11H14N2O3/c1-16-11(15)6-5-10(14)13-9-4-2-3-8(12)7-9/h2-4,7H,5-6,12H2,1H3,(H,13,14). The van der Waals surface area contributed by atoms with Gasteiger partial charge >= 0.3 is 5.97 Å². The SMILES string of the molecule is COC(=O)CCC(=O)Nc1cccc(N)c1. The molecular formula is C11H14N2O3. The number of hydrogen-bond acceptors (Lipinski definition) is 4. The number of nitrogens with two attached hydrogens (primary N) is 1. The van der Waals surface area contributed by atoms with Crippen LogP contribution in [0.25, 0.3) is 0 Å². The highest BCUT2D eigenvalue weighted by molar-refractivity contribution is 5.92. The molecule has 1 rings (SSSR count). The van der Waals surface area contributed by atoms with Crippen LogP contribution in [0.4, 0.5) is 11.4 Å². The number of methoxy groups -OCH3 is 1. The summed E-state index contributed by atoms with van der Waals surface area (Å²) in [6, 6.07) is 6.85. The van der Waals surface area contributed by atoms with Gasteiger partial charge in [-0.05, 0) is 18.2 Å². The van der Waals surface area contributed by atoms with Gasteiger partial charge < -0.3 is 15.8 Å². The van der Waals surface area contributed by atoms with Crippen LogP contribution in [-0.4, -0.2) is 19.0 Å². The Morgan fingerprint density at radius 2 is 2.12 bits per heavy atom. The van der Waals surface area contributed by atoms with Gasteiger partial charge in [0.2, 0.25) is 5.91 Å². The zero-order chi connectivity index (χ0) is 12.0. The molecule has 0 radical (unpaired) electrons. The monoisotopic (exact) mass is 222 g/mol. The average Bonchev–Trinajstić information content (AvgIpc) is 2.26. The zero-order valence-electron chi connectivity index (χ0n) is 9.03. The van der Waals surface area contributed by atoms with Crippen molar-refractivity contribution in [3.05, 3.63) is 24.3 Å². The Hall–Kier alpha value is -2.04. The average molecular weight is 222 g/mol. The topological polar surface area (TPSA) is 81.4 Å². The quantitative estimate of drug-likeness (QED) is 0.591. The van der Waals surface area contributed by atoms with Gasteiger partial charge in [0, 0.05) is 17.8 Å². The summed E-state index contributed by atoms with van der Waals surface area (Å²) >= 11 is 0. The summed E-state index contributed by atoms with van der Waals surface area (Å²) < 4.78 is 4.43. The number of hydrogen-bond donors (Lipinski definition) is 2. The van der Waals surface area contributed by atoms with E-state index in [1.165, 1.54) is 7.11 Å². The lowest BCUT2D eigenvalue weighted by Gasteiger charge is -2.05. The largest absolute Gasteiger partial charge is 0.469 e. The van der Waals surface area contributed by atoms with Gasteiger partial charge in [-0.1, -0.05) is 6.07 Å². The molecule has 0 atom stereocenters. The molecule has 0 saturated carbocycles. The molecule has 3 N–H and O–H groups in total. The molecule has 0 heterocycles. The Morgan fingerprint density at radius 1 is 1.38 bits per heavy atom. The van der Waals surface area contributed by atoms with E-state index in [0.717, 1.165) is 0 Å². The Balaban J connectivity index is 2.43. The van der Waals surface area contributed by atoms with E-state index in [2.05, 4.69) is 10.1 Å². The molecule has 16 heavy (non-hydrogen) atoms. The lowest BCUT2D eigenvalue weighted by atomic mass is 10.2. The molecule has 0 aliphatic carbocycles. The molecule has 5 nitrogen and oxygen atoms in total. The first kappa shape index (κ1) is 12.0. The van der Waals surface area contributed by atoms with Crippen LogP contribution in [0.3, 0.4) is 0 Å². The third kappa shape index (κ3) is 4.00. The van der Waals surface area contributed by atoms with Crippen molar-refractivity contribution in [2.45, 2.75) is 12.8 Å². The fourth-order valence-corrected chi connectivity index (χ4v) is 1.16. The third-order valence-electron chi connectivity index (χ3n) is 1.95. The summed E-state index contributed by atoms with van der Waals surface area (Å²) in [4.78, 5) is 22.2. The molecule has 0 saturated heterocycles. The van der Waals surface area contributed by atoms with Crippen LogP contribution in [0, 0.1) is 0 Å². The van der Waals surface area contributed by atoms with Crippen molar-refractivity contribution in [2.24, 2.45) is 0 Å². The zero-order valence-corrected chi connectivity index (χ0v) is 9.03. The molecule has 0 fully saturated rings. The summed E-state index contributed by atoms with van der Waals surface area (Å²) in [6.07, 6.45) is 0.173. The normalized spacial score (nSPS) is 9.56. The molecule has 1 aromatic rings. The van der Waals surface area contributed by atoms with Crippen molar-refractivity contribution in [2.75, 3.05) is 18.2 Å². The minimum absolute atomic E-state index is 0.0741. The van der Waals surface area contributed by atoms with Crippen molar-refractivity contribution in [1.29, 1.82) is 0 Å². The minimum atomic E-state index is -0.400. The van der Waals surface area contributed by atoms with Crippen LogP contribution in [0.15, 0.2) is 24.3 Å². The maximum Gasteiger partial charge on any atom is 0.306 e. The van der Waals surface area contributed by atoms with E-state index in [4.69, 9.17) is 5.73 Å². The fourth-order valence-electron chi connectivity index (χ4n) is 1.16. The first-order valence-corrected chi connectivity index (χ1v) is 4.84.